The lowest BCUT2D eigenvalue weighted by atomic mass is 10.3. The Morgan fingerprint density at radius 2 is 2.18 bits per heavy atom. The maximum absolute atomic E-state index is 9.84. The van der Waals surface area contributed by atoms with E-state index in [4.69, 9.17) is 9.47 Å². The lowest BCUT2D eigenvalue weighted by Crippen LogP contribution is -2.03. The molecule has 1 aliphatic rings. The molecule has 0 spiro atoms. The summed E-state index contributed by atoms with van der Waals surface area (Å²) in [6.45, 7) is 4.70. The summed E-state index contributed by atoms with van der Waals surface area (Å²) in [5, 5.41) is 0. The molecule has 1 unspecified atom stereocenters. The highest BCUT2D eigenvalue weighted by molar-refractivity contribution is 5.80. The molecule has 4 heteroatoms. The number of rotatable bonds is 4. The fourth-order valence-corrected chi connectivity index (χ4v) is 0.953. The van der Waals surface area contributed by atoms with Crippen molar-refractivity contribution in [1.29, 1.82) is 0 Å². The molecule has 1 heterocycles. The molecule has 1 fully saturated rings. The van der Waals surface area contributed by atoms with Crippen LogP contribution in [0.15, 0.2) is 43.0 Å². The molecule has 1 aromatic rings. The van der Waals surface area contributed by atoms with Crippen LogP contribution in [0.25, 0.3) is 0 Å². The molecule has 0 saturated carbocycles. The van der Waals surface area contributed by atoms with E-state index in [0.717, 1.165) is 18.4 Å². The zero-order valence-electron chi connectivity index (χ0n) is 9.80. The van der Waals surface area contributed by atoms with Crippen LogP contribution in [0.4, 0.5) is 0 Å². The second kappa shape index (κ2) is 7.46. The molecule has 2 rings (SSSR count). The van der Waals surface area contributed by atoms with Gasteiger partial charge in [-0.2, -0.15) is 0 Å². The van der Waals surface area contributed by atoms with Crippen LogP contribution < -0.4 is 4.74 Å². The van der Waals surface area contributed by atoms with Gasteiger partial charge in [0.05, 0.1) is 13.7 Å². The number of hydrogen-bond donors (Lipinski definition) is 0. The summed E-state index contributed by atoms with van der Waals surface area (Å²) in [4.78, 5) is 9.84. The largest absolute Gasteiger partial charge is 0.491 e. The molecule has 0 aromatic heterocycles. The van der Waals surface area contributed by atoms with Crippen molar-refractivity contribution >= 4 is 5.97 Å². The van der Waals surface area contributed by atoms with Crippen LogP contribution in [-0.2, 0) is 14.3 Å². The minimum atomic E-state index is -0.394. The van der Waals surface area contributed by atoms with Gasteiger partial charge in [-0.25, -0.2) is 4.79 Å². The predicted molar refractivity (Wildman–Crippen MR) is 63.9 cm³/mol. The second-order valence-corrected chi connectivity index (χ2v) is 3.31. The summed E-state index contributed by atoms with van der Waals surface area (Å²) in [5.74, 6) is 0.526. The van der Waals surface area contributed by atoms with Crippen LogP contribution >= 0.6 is 0 Å². The molecule has 0 aliphatic carbocycles. The second-order valence-electron chi connectivity index (χ2n) is 3.31. The first-order valence-corrected chi connectivity index (χ1v) is 5.26. The number of epoxide rings is 1. The van der Waals surface area contributed by atoms with Gasteiger partial charge in [0, 0.05) is 6.08 Å². The van der Waals surface area contributed by atoms with Crippen LogP contribution in [0, 0.1) is 0 Å². The molecule has 0 radical (unpaired) electrons. The Labute approximate surface area is 101 Å². The number of carbonyl (C=O) groups excluding carboxylic acids is 1. The minimum Gasteiger partial charge on any atom is -0.491 e. The third-order valence-electron chi connectivity index (χ3n) is 1.95. The Balaban J connectivity index is 0.000000209. The van der Waals surface area contributed by atoms with Crippen molar-refractivity contribution in [2.75, 3.05) is 20.3 Å². The van der Waals surface area contributed by atoms with Crippen molar-refractivity contribution in [1.82, 2.24) is 0 Å². The van der Waals surface area contributed by atoms with Gasteiger partial charge in [0.1, 0.15) is 18.5 Å². The number of para-hydroxylation sites is 1. The topological polar surface area (TPSA) is 48.1 Å². The van der Waals surface area contributed by atoms with E-state index < -0.39 is 5.97 Å². The zero-order chi connectivity index (χ0) is 12.5. The van der Waals surface area contributed by atoms with Crippen LogP contribution in [0.1, 0.15) is 0 Å². The molecule has 0 N–H and O–H groups in total. The van der Waals surface area contributed by atoms with Gasteiger partial charge < -0.3 is 14.2 Å². The fourth-order valence-electron chi connectivity index (χ4n) is 0.953. The molecule has 92 valence electrons. The maximum atomic E-state index is 9.84. The third-order valence-corrected chi connectivity index (χ3v) is 1.95. The summed E-state index contributed by atoms with van der Waals surface area (Å²) in [5.41, 5.74) is 0. The average Bonchev–Trinajstić information content (AvgIpc) is 3.21. The molecule has 1 aliphatic heterocycles. The number of hydrogen-bond acceptors (Lipinski definition) is 4. The molecule has 0 amide bonds. The highest BCUT2D eigenvalue weighted by Crippen LogP contribution is 2.13. The number of esters is 1. The normalized spacial score (nSPS) is 16.2. The predicted octanol–water partition coefficient (Wildman–Crippen LogP) is 1.81. The lowest BCUT2D eigenvalue weighted by molar-refractivity contribution is -0.134. The van der Waals surface area contributed by atoms with Gasteiger partial charge in [-0.15, -0.1) is 0 Å². The van der Waals surface area contributed by atoms with Crippen molar-refractivity contribution in [3.8, 4) is 5.75 Å². The Kier molecular flexibility index (Phi) is 5.82. The summed E-state index contributed by atoms with van der Waals surface area (Å²) < 4.78 is 14.6. The molecule has 4 nitrogen and oxygen atoms in total. The quantitative estimate of drug-likeness (QED) is 0.454. The van der Waals surface area contributed by atoms with Crippen molar-refractivity contribution in [2.45, 2.75) is 6.10 Å². The third kappa shape index (κ3) is 6.37. The van der Waals surface area contributed by atoms with Gasteiger partial charge in [-0.3, -0.25) is 0 Å². The smallest absolute Gasteiger partial charge is 0.329 e. The van der Waals surface area contributed by atoms with E-state index in [2.05, 4.69) is 11.3 Å². The molecule has 0 bridgehead atoms. The van der Waals surface area contributed by atoms with E-state index in [1.165, 1.54) is 7.11 Å². The Morgan fingerprint density at radius 3 is 2.59 bits per heavy atom. The average molecular weight is 236 g/mol. The standard InChI is InChI=1S/C9H10O2.C4H6O2/c1-2-4-8(5-3-1)10-6-9-7-11-9;1-3-4(5)6-2/h1-5,9H,6-7H2;3H,1H2,2H3. The number of carbonyl (C=O) groups is 1. The van der Waals surface area contributed by atoms with Gasteiger partial charge in [-0.1, -0.05) is 24.8 Å². The van der Waals surface area contributed by atoms with E-state index in [0.29, 0.717) is 12.7 Å². The summed E-state index contributed by atoms with van der Waals surface area (Å²) >= 11 is 0. The van der Waals surface area contributed by atoms with Crippen molar-refractivity contribution in [2.24, 2.45) is 0 Å². The molecular weight excluding hydrogens is 220 g/mol. The van der Waals surface area contributed by atoms with Crippen molar-refractivity contribution in [3.05, 3.63) is 43.0 Å². The van der Waals surface area contributed by atoms with Gasteiger partial charge in [0.2, 0.25) is 0 Å². The Morgan fingerprint density at radius 1 is 1.53 bits per heavy atom. The summed E-state index contributed by atoms with van der Waals surface area (Å²) in [7, 11) is 1.31. The summed E-state index contributed by atoms with van der Waals surface area (Å²) in [6.07, 6.45) is 1.45. The van der Waals surface area contributed by atoms with Gasteiger partial charge in [0.15, 0.2) is 0 Å². The van der Waals surface area contributed by atoms with Crippen molar-refractivity contribution < 1.29 is 19.0 Å². The SMILES string of the molecule is C=CC(=O)OC.c1ccc(OCC2CO2)cc1. The van der Waals surface area contributed by atoms with Crippen LogP contribution in [0.3, 0.4) is 0 Å². The molecule has 1 aromatic carbocycles. The first-order chi connectivity index (χ1) is 8.26. The molecular formula is C13H16O4. The van der Waals surface area contributed by atoms with E-state index in [9.17, 15) is 4.79 Å². The summed E-state index contributed by atoms with van der Waals surface area (Å²) in [6, 6.07) is 9.79. The Bertz CT molecular complexity index is 344. The van der Waals surface area contributed by atoms with Gasteiger partial charge in [-0.05, 0) is 12.1 Å². The highest BCUT2D eigenvalue weighted by atomic mass is 16.6. The van der Waals surface area contributed by atoms with E-state index in [1.54, 1.807) is 0 Å². The minimum absolute atomic E-state index is 0.343. The highest BCUT2D eigenvalue weighted by Gasteiger charge is 2.22. The monoisotopic (exact) mass is 236 g/mol. The lowest BCUT2D eigenvalue weighted by Gasteiger charge is -2.01. The Hall–Kier alpha value is -1.81. The molecule has 1 atom stereocenters. The van der Waals surface area contributed by atoms with E-state index >= 15 is 0 Å². The first-order valence-electron chi connectivity index (χ1n) is 5.26. The van der Waals surface area contributed by atoms with Crippen LogP contribution in [0.2, 0.25) is 0 Å². The van der Waals surface area contributed by atoms with Gasteiger partial charge in [0.25, 0.3) is 0 Å². The number of methoxy groups -OCH3 is 1. The zero-order valence-corrected chi connectivity index (χ0v) is 9.80. The van der Waals surface area contributed by atoms with Gasteiger partial charge >= 0.3 is 5.97 Å². The van der Waals surface area contributed by atoms with Crippen LogP contribution in [-0.4, -0.2) is 32.4 Å². The van der Waals surface area contributed by atoms with Crippen molar-refractivity contribution in [3.63, 3.8) is 0 Å². The molecule has 1 saturated heterocycles. The fraction of sp³-hybridized carbons (Fsp3) is 0.308. The number of ether oxygens (including phenoxy) is 3. The van der Waals surface area contributed by atoms with E-state index in [-0.39, 0.29) is 0 Å². The number of benzene rings is 1. The first kappa shape index (κ1) is 13.3. The van der Waals surface area contributed by atoms with Crippen LogP contribution in [0.5, 0.6) is 5.75 Å². The van der Waals surface area contributed by atoms with E-state index in [1.807, 2.05) is 30.3 Å². The maximum Gasteiger partial charge on any atom is 0.329 e. The molecule has 17 heavy (non-hydrogen) atoms.